The number of nitrogen functional groups attached to an aromatic ring is 1. The lowest BCUT2D eigenvalue weighted by Crippen LogP contribution is -2.40. The van der Waals surface area contributed by atoms with Crippen LogP contribution in [0.15, 0.2) is 29.2 Å². The van der Waals surface area contributed by atoms with Gasteiger partial charge in [-0.15, -0.1) is 0 Å². The normalized spacial score (nSPS) is 24.3. The van der Waals surface area contributed by atoms with E-state index in [1.54, 1.807) is 19.2 Å². The van der Waals surface area contributed by atoms with Crippen molar-refractivity contribution >= 4 is 15.7 Å². The summed E-state index contributed by atoms with van der Waals surface area (Å²) in [6.45, 7) is 0. The first-order chi connectivity index (χ1) is 8.53. The van der Waals surface area contributed by atoms with E-state index < -0.39 is 10.0 Å². The molecule has 3 N–H and O–H groups in total. The molecule has 0 heterocycles. The number of hydrogen-bond donors (Lipinski definition) is 2. The maximum absolute atomic E-state index is 12.2. The molecule has 1 aromatic rings. The fourth-order valence-corrected chi connectivity index (χ4v) is 3.65. The van der Waals surface area contributed by atoms with Crippen LogP contribution >= 0.6 is 0 Å². The van der Waals surface area contributed by atoms with Crippen LogP contribution in [-0.2, 0) is 14.8 Å². The first kappa shape index (κ1) is 13.3. The minimum atomic E-state index is -3.52. The number of methoxy groups -OCH3 is 1. The van der Waals surface area contributed by atoms with Crippen molar-refractivity contribution in [2.75, 3.05) is 12.8 Å². The summed E-state index contributed by atoms with van der Waals surface area (Å²) in [7, 11) is -1.91. The Morgan fingerprint density at radius 1 is 1.39 bits per heavy atom. The van der Waals surface area contributed by atoms with Crippen LogP contribution in [0.25, 0.3) is 0 Å². The number of rotatable bonds is 4. The van der Waals surface area contributed by atoms with Crippen LogP contribution in [-0.4, -0.2) is 27.7 Å². The van der Waals surface area contributed by atoms with E-state index in [2.05, 4.69) is 4.72 Å². The van der Waals surface area contributed by atoms with Gasteiger partial charge in [-0.2, -0.15) is 0 Å². The summed E-state index contributed by atoms with van der Waals surface area (Å²) in [6, 6.07) is 6.13. The average Bonchev–Trinajstić information content (AvgIpc) is 2.75. The van der Waals surface area contributed by atoms with Crippen molar-refractivity contribution < 1.29 is 13.2 Å². The summed E-state index contributed by atoms with van der Waals surface area (Å²) in [5.41, 5.74) is 6.04. The second-order valence-corrected chi connectivity index (χ2v) is 6.22. The van der Waals surface area contributed by atoms with Crippen molar-refractivity contribution in [2.45, 2.75) is 36.3 Å². The molecule has 18 heavy (non-hydrogen) atoms. The standard InChI is InChI=1S/C12H18N2O3S/c1-17-12-7-3-6-11(12)14-18(15,16)10-5-2-4-9(13)8-10/h2,4-5,8,11-12,14H,3,6-7,13H2,1H3. The number of ether oxygens (including phenoxy) is 1. The highest BCUT2D eigenvalue weighted by Gasteiger charge is 2.31. The van der Waals surface area contributed by atoms with Gasteiger partial charge in [0.2, 0.25) is 10.0 Å². The zero-order valence-corrected chi connectivity index (χ0v) is 11.1. The minimum absolute atomic E-state index is 0.0409. The number of sulfonamides is 1. The van der Waals surface area contributed by atoms with E-state index in [0.29, 0.717) is 5.69 Å². The summed E-state index contributed by atoms with van der Waals surface area (Å²) in [6.07, 6.45) is 2.63. The number of nitrogens with two attached hydrogens (primary N) is 1. The Balaban J connectivity index is 2.17. The predicted octanol–water partition coefficient (Wildman–Crippen LogP) is 1.11. The highest BCUT2D eigenvalue weighted by atomic mass is 32.2. The number of hydrogen-bond acceptors (Lipinski definition) is 4. The molecule has 0 spiro atoms. The van der Waals surface area contributed by atoms with E-state index in [1.165, 1.54) is 12.1 Å². The second-order valence-electron chi connectivity index (χ2n) is 4.51. The third kappa shape index (κ3) is 2.82. The van der Waals surface area contributed by atoms with Gasteiger partial charge >= 0.3 is 0 Å². The monoisotopic (exact) mass is 270 g/mol. The van der Waals surface area contributed by atoms with Crippen LogP contribution < -0.4 is 10.5 Å². The Bertz CT molecular complexity index is 516. The number of benzene rings is 1. The van der Waals surface area contributed by atoms with Gasteiger partial charge < -0.3 is 10.5 Å². The zero-order chi connectivity index (χ0) is 13.2. The number of anilines is 1. The van der Waals surface area contributed by atoms with Gasteiger partial charge in [0.1, 0.15) is 0 Å². The average molecular weight is 270 g/mol. The van der Waals surface area contributed by atoms with Crippen LogP contribution in [0.2, 0.25) is 0 Å². The molecule has 100 valence electrons. The van der Waals surface area contributed by atoms with Crippen LogP contribution in [0.5, 0.6) is 0 Å². The van der Waals surface area contributed by atoms with Gasteiger partial charge in [0.05, 0.1) is 11.0 Å². The van der Waals surface area contributed by atoms with Crippen molar-refractivity contribution in [3.63, 3.8) is 0 Å². The second kappa shape index (κ2) is 5.26. The van der Waals surface area contributed by atoms with Crippen LogP contribution in [0, 0.1) is 0 Å². The smallest absolute Gasteiger partial charge is 0.240 e. The van der Waals surface area contributed by atoms with Crippen molar-refractivity contribution in [1.29, 1.82) is 0 Å². The van der Waals surface area contributed by atoms with Gasteiger partial charge in [-0.1, -0.05) is 6.07 Å². The molecule has 6 heteroatoms. The lowest BCUT2D eigenvalue weighted by atomic mass is 10.2. The summed E-state index contributed by atoms with van der Waals surface area (Å²) in [4.78, 5) is 0.198. The summed E-state index contributed by atoms with van der Waals surface area (Å²) < 4.78 is 32.3. The molecule has 2 rings (SSSR count). The molecule has 0 amide bonds. The first-order valence-electron chi connectivity index (χ1n) is 5.93. The predicted molar refractivity (Wildman–Crippen MR) is 69.6 cm³/mol. The summed E-state index contributed by atoms with van der Waals surface area (Å²) >= 11 is 0. The molecule has 1 aromatic carbocycles. The Morgan fingerprint density at radius 2 is 2.17 bits per heavy atom. The third-order valence-corrected chi connectivity index (χ3v) is 4.72. The van der Waals surface area contributed by atoms with E-state index in [9.17, 15) is 8.42 Å². The summed E-state index contributed by atoms with van der Waals surface area (Å²) in [5.74, 6) is 0. The number of nitrogens with one attached hydrogen (secondary N) is 1. The van der Waals surface area contributed by atoms with Gasteiger partial charge in [0.15, 0.2) is 0 Å². The fraction of sp³-hybridized carbons (Fsp3) is 0.500. The van der Waals surface area contributed by atoms with Gasteiger partial charge in [0, 0.05) is 18.8 Å². The molecule has 0 aromatic heterocycles. The van der Waals surface area contributed by atoms with Gasteiger partial charge in [-0.25, -0.2) is 13.1 Å². The van der Waals surface area contributed by atoms with Crippen LogP contribution in [0.4, 0.5) is 5.69 Å². The SMILES string of the molecule is COC1CCCC1NS(=O)(=O)c1cccc(N)c1. The highest BCUT2D eigenvalue weighted by molar-refractivity contribution is 7.89. The van der Waals surface area contributed by atoms with Gasteiger partial charge in [0.25, 0.3) is 0 Å². The molecular formula is C12H18N2O3S. The molecule has 1 fully saturated rings. The molecule has 2 unspecified atom stereocenters. The Labute approximate surface area is 107 Å². The Hall–Kier alpha value is -1.11. The topological polar surface area (TPSA) is 81.4 Å². The quantitative estimate of drug-likeness (QED) is 0.803. The van der Waals surface area contributed by atoms with Crippen molar-refractivity contribution in [2.24, 2.45) is 0 Å². The molecule has 1 aliphatic rings. The van der Waals surface area contributed by atoms with E-state index in [4.69, 9.17) is 10.5 Å². The molecular weight excluding hydrogens is 252 g/mol. The van der Waals surface area contributed by atoms with E-state index >= 15 is 0 Å². The molecule has 2 atom stereocenters. The molecule has 0 radical (unpaired) electrons. The maximum Gasteiger partial charge on any atom is 0.240 e. The largest absolute Gasteiger partial charge is 0.399 e. The third-order valence-electron chi connectivity index (χ3n) is 3.23. The van der Waals surface area contributed by atoms with Crippen molar-refractivity contribution in [3.8, 4) is 0 Å². The highest BCUT2D eigenvalue weighted by Crippen LogP contribution is 2.23. The lowest BCUT2D eigenvalue weighted by molar-refractivity contribution is 0.0916. The van der Waals surface area contributed by atoms with Crippen LogP contribution in [0.3, 0.4) is 0 Å². The first-order valence-corrected chi connectivity index (χ1v) is 7.42. The van der Waals surface area contributed by atoms with Crippen molar-refractivity contribution in [1.82, 2.24) is 4.72 Å². The molecule has 5 nitrogen and oxygen atoms in total. The zero-order valence-electron chi connectivity index (χ0n) is 10.3. The fourth-order valence-electron chi connectivity index (χ4n) is 2.29. The molecule has 1 saturated carbocycles. The van der Waals surface area contributed by atoms with Crippen molar-refractivity contribution in [3.05, 3.63) is 24.3 Å². The van der Waals surface area contributed by atoms with Gasteiger partial charge in [-0.3, -0.25) is 0 Å². The molecule has 0 bridgehead atoms. The summed E-state index contributed by atoms with van der Waals surface area (Å²) in [5, 5.41) is 0. The Kier molecular flexibility index (Phi) is 3.89. The Morgan fingerprint density at radius 3 is 2.83 bits per heavy atom. The molecule has 0 aliphatic heterocycles. The van der Waals surface area contributed by atoms with Gasteiger partial charge in [-0.05, 0) is 37.5 Å². The minimum Gasteiger partial charge on any atom is -0.399 e. The maximum atomic E-state index is 12.2. The van der Waals surface area contributed by atoms with Crippen LogP contribution in [0.1, 0.15) is 19.3 Å². The lowest BCUT2D eigenvalue weighted by Gasteiger charge is -2.19. The van der Waals surface area contributed by atoms with E-state index in [0.717, 1.165) is 19.3 Å². The molecule has 0 saturated heterocycles. The van der Waals surface area contributed by atoms with E-state index in [1.807, 2.05) is 0 Å². The van der Waals surface area contributed by atoms with E-state index in [-0.39, 0.29) is 17.0 Å². The molecule has 1 aliphatic carbocycles.